The lowest BCUT2D eigenvalue weighted by Gasteiger charge is -2.33. The molecule has 1 aliphatic carbocycles. The number of hydrogen-bond acceptors (Lipinski definition) is 4. The zero-order valence-corrected chi connectivity index (χ0v) is 14.3. The molecule has 1 saturated heterocycles. The van der Waals surface area contributed by atoms with Crippen molar-refractivity contribution in [2.75, 3.05) is 13.1 Å². The van der Waals surface area contributed by atoms with Gasteiger partial charge in [-0.05, 0) is 45.7 Å². The van der Waals surface area contributed by atoms with Gasteiger partial charge in [0.05, 0.1) is 17.7 Å². The first-order valence-electron chi connectivity index (χ1n) is 8.88. The van der Waals surface area contributed by atoms with Crippen LogP contribution in [0.4, 0.5) is 13.2 Å². The minimum absolute atomic E-state index is 0.0647. The number of piperidine rings is 1. The Labute approximate surface area is 144 Å². The predicted octanol–water partition coefficient (Wildman–Crippen LogP) is 2.36. The van der Waals surface area contributed by atoms with Gasteiger partial charge in [-0.25, -0.2) is 4.68 Å². The van der Waals surface area contributed by atoms with E-state index in [4.69, 9.17) is 0 Å². The summed E-state index contributed by atoms with van der Waals surface area (Å²) in [5.74, 6) is -2.04. The third kappa shape index (κ3) is 3.96. The monoisotopic (exact) mass is 359 g/mol. The quantitative estimate of drug-likeness (QED) is 0.869. The fraction of sp³-hybridized carbons (Fsp3) is 0.812. The highest BCUT2D eigenvalue weighted by Crippen LogP contribution is 2.37. The first kappa shape index (κ1) is 18.2. The summed E-state index contributed by atoms with van der Waals surface area (Å²) in [5, 5.41) is 13.8. The molecule has 9 heteroatoms. The lowest BCUT2D eigenvalue weighted by Crippen LogP contribution is -2.47. The molecule has 0 bridgehead atoms. The molecular weight excluding hydrogens is 335 g/mol. The highest BCUT2D eigenvalue weighted by molar-refractivity contribution is 5.93. The van der Waals surface area contributed by atoms with Crippen LogP contribution in [0.1, 0.15) is 60.7 Å². The molecular formula is C16H24F3N5O. The highest BCUT2D eigenvalue weighted by Gasteiger charge is 2.46. The first-order chi connectivity index (χ1) is 11.9. The van der Waals surface area contributed by atoms with Gasteiger partial charge in [0, 0.05) is 6.04 Å². The van der Waals surface area contributed by atoms with E-state index in [9.17, 15) is 18.0 Å². The van der Waals surface area contributed by atoms with E-state index in [2.05, 4.69) is 20.9 Å². The molecule has 140 valence electrons. The van der Waals surface area contributed by atoms with Crippen LogP contribution >= 0.6 is 0 Å². The van der Waals surface area contributed by atoms with Crippen LogP contribution in [0.25, 0.3) is 0 Å². The fourth-order valence-corrected chi connectivity index (χ4v) is 3.88. The number of carbonyl (C=O) groups excluding carboxylic acids is 1. The Balaban J connectivity index is 1.71. The Morgan fingerprint density at radius 3 is 2.56 bits per heavy atom. The van der Waals surface area contributed by atoms with E-state index in [0.717, 1.165) is 25.9 Å². The lowest BCUT2D eigenvalue weighted by molar-refractivity contribution is -0.187. The summed E-state index contributed by atoms with van der Waals surface area (Å²) in [5.41, 5.74) is 0.744. The van der Waals surface area contributed by atoms with Gasteiger partial charge in [0.1, 0.15) is 0 Å². The minimum atomic E-state index is -4.29. The van der Waals surface area contributed by atoms with Crippen LogP contribution in [0.2, 0.25) is 0 Å². The molecule has 0 spiro atoms. The Kier molecular flexibility index (Phi) is 5.31. The standard InChI is InChI=1S/C16H24F3N5O/c1-10-14(22-23-24(10)11-6-8-20-9-7-11)15(25)21-13-5-3-2-4-12(13)16(17,18)19/h11-13,20H,2-9H2,1H3,(H,21,25). The molecule has 2 heterocycles. The van der Waals surface area contributed by atoms with Crippen LogP contribution in [-0.4, -0.2) is 46.2 Å². The first-order valence-corrected chi connectivity index (χ1v) is 8.88. The average Bonchev–Trinajstić information content (AvgIpc) is 2.97. The van der Waals surface area contributed by atoms with Gasteiger partial charge in [-0.3, -0.25) is 4.79 Å². The molecule has 2 N–H and O–H groups in total. The predicted molar refractivity (Wildman–Crippen MR) is 85.2 cm³/mol. The Morgan fingerprint density at radius 2 is 1.88 bits per heavy atom. The van der Waals surface area contributed by atoms with Crippen LogP contribution < -0.4 is 10.6 Å². The molecule has 2 aliphatic rings. The number of nitrogens with one attached hydrogen (secondary N) is 2. The van der Waals surface area contributed by atoms with Gasteiger partial charge in [0.25, 0.3) is 5.91 Å². The topological polar surface area (TPSA) is 71.8 Å². The summed E-state index contributed by atoms with van der Waals surface area (Å²) < 4.78 is 41.3. The number of alkyl halides is 3. The number of aromatic nitrogens is 3. The van der Waals surface area contributed by atoms with Gasteiger partial charge in [-0.2, -0.15) is 13.2 Å². The van der Waals surface area contributed by atoms with Crippen molar-refractivity contribution in [2.24, 2.45) is 5.92 Å². The van der Waals surface area contributed by atoms with Crippen molar-refractivity contribution in [1.82, 2.24) is 25.6 Å². The minimum Gasteiger partial charge on any atom is -0.347 e. The summed E-state index contributed by atoms with van der Waals surface area (Å²) in [6.07, 6.45) is -0.861. The van der Waals surface area contributed by atoms with Gasteiger partial charge < -0.3 is 10.6 Å². The Morgan fingerprint density at radius 1 is 1.20 bits per heavy atom. The van der Waals surface area contributed by atoms with E-state index >= 15 is 0 Å². The lowest BCUT2D eigenvalue weighted by atomic mass is 9.84. The zero-order valence-electron chi connectivity index (χ0n) is 14.3. The van der Waals surface area contributed by atoms with Crippen LogP contribution in [0, 0.1) is 12.8 Å². The largest absolute Gasteiger partial charge is 0.393 e. The molecule has 0 aromatic carbocycles. The maximum Gasteiger partial charge on any atom is 0.393 e. The van der Waals surface area contributed by atoms with Crippen molar-refractivity contribution in [3.63, 3.8) is 0 Å². The smallest absolute Gasteiger partial charge is 0.347 e. The average molecular weight is 359 g/mol. The third-order valence-electron chi connectivity index (χ3n) is 5.30. The van der Waals surface area contributed by atoms with E-state index in [1.54, 1.807) is 11.6 Å². The van der Waals surface area contributed by atoms with E-state index in [1.165, 1.54) is 0 Å². The number of halogens is 3. The van der Waals surface area contributed by atoms with Crippen molar-refractivity contribution >= 4 is 5.91 Å². The molecule has 1 aliphatic heterocycles. The maximum atomic E-state index is 13.2. The van der Waals surface area contributed by atoms with Gasteiger partial charge >= 0.3 is 6.18 Å². The number of carbonyl (C=O) groups is 1. The summed E-state index contributed by atoms with van der Waals surface area (Å²) >= 11 is 0. The van der Waals surface area contributed by atoms with E-state index < -0.39 is 24.0 Å². The molecule has 1 aromatic heterocycles. The summed E-state index contributed by atoms with van der Waals surface area (Å²) in [6, 6.07) is -0.711. The third-order valence-corrected chi connectivity index (χ3v) is 5.30. The normalized spacial score (nSPS) is 25.8. The van der Waals surface area contributed by atoms with Crippen molar-refractivity contribution in [3.05, 3.63) is 11.4 Å². The van der Waals surface area contributed by atoms with Crippen molar-refractivity contribution in [3.8, 4) is 0 Å². The number of nitrogens with zero attached hydrogens (tertiary/aromatic N) is 3. The van der Waals surface area contributed by atoms with Gasteiger partial charge in [0.15, 0.2) is 5.69 Å². The Hall–Kier alpha value is -1.64. The van der Waals surface area contributed by atoms with Gasteiger partial charge in [0.2, 0.25) is 0 Å². The summed E-state index contributed by atoms with van der Waals surface area (Å²) in [4.78, 5) is 12.5. The number of rotatable bonds is 3. The molecule has 1 saturated carbocycles. The van der Waals surface area contributed by atoms with Crippen LogP contribution in [-0.2, 0) is 0 Å². The highest BCUT2D eigenvalue weighted by atomic mass is 19.4. The fourth-order valence-electron chi connectivity index (χ4n) is 3.88. The second kappa shape index (κ2) is 7.31. The summed E-state index contributed by atoms with van der Waals surface area (Å²) in [6.45, 7) is 3.50. The maximum absolute atomic E-state index is 13.2. The molecule has 6 nitrogen and oxygen atoms in total. The molecule has 2 fully saturated rings. The van der Waals surface area contributed by atoms with Gasteiger partial charge in [-0.1, -0.05) is 18.1 Å². The van der Waals surface area contributed by atoms with Crippen molar-refractivity contribution in [1.29, 1.82) is 0 Å². The van der Waals surface area contributed by atoms with E-state index in [-0.39, 0.29) is 18.2 Å². The van der Waals surface area contributed by atoms with Crippen molar-refractivity contribution in [2.45, 2.75) is 63.7 Å². The molecule has 25 heavy (non-hydrogen) atoms. The summed E-state index contributed by atoms with van der Waals surface area (Å²) in [7, 11) is 0. The van der Waals surface area contributed by atoms with E-state index in [0.29, 0.717) is 25.0 Å². The molecule has 1 aromatic rings. The molecule has 2 unspecified atom stereocenters. The number of amides is 1. The van der Waals surface area contributed by atoms with Crippen LogP contribution in [0.3, 0.4) is 0 Å². The van der Waals surface area contributed by atoms with E-state index in [1.807, 2.05) is 0 Å². The molecule has 0 radical (unpaired) electrons. The zero-order chi connectivity index (χ0) is 18.0. The molecule has 3 rings (SSSR count). The van der Waals surface area contributed by atoms with Crippen molar-refractivity contribution < 1.29 is 18.0 Å². The second-order valence-electron chi connectivity index (χ2n) is 6.96. The molecule has 1 amide bonds. The second-order valence-corrected chi connectivity index (χ2v) is 6.96. The Bertz CT molecular complexity index is 609. The molecule has 2 atom stereocenters. The van der Waals surface area contributed by atoms with Gasteiger partial charge in [-0.15, -0.1) is 5.10 Å². The SMILES string of the molecule is Cc1c(C(=O)NC2CCCCC2C(F)(F)F)nnn1C1CCNCC1. The number of hydrogen-bond donors (Lipinski definition) is 2. The van der Waals surface area contributed by atoms with Crippen LogP contribution in [0.15, 0.2) is 0 Å². The van der Waals surface area contributed by atoms with Crippen LogP contribution in [0.5, 0.6) is 0 Å².